The molecule has 0 saturated carbocycles. The van der Waals surface area contributed by atoms with Gasteiger partial charge in [-0.2, -0.15) is 31.6 Å². The number of anilines is 1. The van der Waals surface area contributed by atoms with Gasteiger partial charge in [-0.05, 0) is 35.9 Å². The van der Waals surface area contributed by atoms with Crippen LogP contribution in [-0.4, -0.2) is 17.1 Å². The van der Waals surface area contributed by atoms with E-state index in [1.807, 2.05) is 0 Å². The number of nitrogens with one attached hydrogen (secondary N) is 1. The molecule has 0 fully saturated rings. The van der Waals surface area contributed by atoms with Crippen LogP contribution in [-0.2, 0) is 11.0 Å². The summed E-state index contributed by atoms with van der Waals surface area (Å²) in [6.07, 6.45) is -7.85. The van der Waals surface area contributed by atoms with E-state index in [0.29, 0.717) is 6.20 Å². The lowest BCUT2D eigenvalue weighted by Gasteiger charge is -2.08. The zero-order valence-electron chi connectivity index (χ0n) is 13.2. The van der Waals surface area contributed by atoms with Crippen molar-refractivity contribution in [2.45, 2.75) is 12.4 Å². The number of hydrogen-bond acceptors (Lipinski definition) is 3. The molecule has 0 aliphatic carbocycles. The summed E-state index contributed by atoms with van der Waals surface area (Å²) >= 11 is 0. The molecule has 0 aliphatic rings. The molecule has 0 bridgehead atoms. The van der Waals surface area contributed by atoms with Crippen molar-refractivity contribution in [1.82, 2.24) is 4.98 Å². The Morgan fingerprint density at radius 1 is 1.11 bits per heavy atom. The van der Waals surface area contributed by atoms with Crippen LogP contribution in [0.1, 0.15) is 16.8 Å². The Morgan fingerprint density at radius 2 is 1.81 bits per heavy atom. The molecule has 10 heteroatoms. The summed E-state index contributed by atoms with van der Waals surface area (Å²) in [5.74, 6) is -2.16. The molecule has 140 valence electrons. The lowest BCUT2D eigenvalue weighted by Crippen LogP contribution is -2.29. The van der Waals surface area contributed by atoms with Crippen LogP contribution in [0.25, 0.3) is 11.6 Å². The number of aromatic nitrogens is 1. The molecule has 0 atom stereocenters. The van der Waals surface area contributed by atoms with Gasteiger partial charge in [-0.15, -0.1) is 0 Å². The predicted molar refractivity (Wildman–Crippen MR) is 83.8 cm³/mol. The van der Waals surface area contributed by atoms with Gasteiger partial charge in [0, 0.05) is 11.9 Å². The number of rotatable bonds is 3. The maximum absolute atomic E-state index is 12.5. The number of nitrogens with zero attached hydrogens (tertiary/aromatic N) is 2. The number of carbonyl (C=O) groups is 1. The quantitative estimate of drug-likeness (QED) is 0.617. The van der Waals surface area contributed by atoms with Crippen molar-refractivity contribution in [2.24, 2.45) is 0 Å². The van der Waals surface area contributed by atoms with E-state index in [4.69, 9.17) is 0 Å². The molecular formula is C17H9F6N3O. The number of carbonyl (C=O) groups excluding carboxylic acids is 1. The second-order valence-corrected chi connectivity index (χ2v) is 5.18. The Labute approximate surface area is 148 Å². The van der Waals surface area contributed by atoms with Crippen LogP contribution in [0.15, 0.2) is 42.6 Å². The molecule has 1 N–H and O–H groups in total. The van der Waals surface area contributed by atoms with Gasteiger partial charge in [0.05, 0.1) is 16.8 Å². The summed E-state index contributed by atoms with van der Waals surface area (Å²) < 4.78 is 74.5. The summed E-state index contributed by atoms with van der Waals surface area (Å²) in [6, 6.07) is 8.68. The lowest BCUT2D eigenvalue weighted by atomic mass is 10.1. The molecule has 0 spiro atoms. The van der Waals surface area contributed by atoms with Gasteiger partial charge in [-0.1, -0.05) is 12.1 Å². The summed E-state index contributed by atoms with van der Waals surface area (Å²) in [4.78, 5) is 14.5. The monoisotopic (exact) mass is 385 g/mol. The third-order valence-electron chi connectivity index (χ3n) is 3.20. The minimum atomic E-state index is -5.06. The van der Waals surface area contributed by atoms with E-state index < -0.39 is 23.8 Å². The molecule has 0 unspecified atom stereocenters. The van der Waals surface area contributed by atoms with E-state index in [0.717, 1.165) is 12.1 Å². The average Bonchev–Trinajstić information content (AvgIpc) is 2.58. The highest BCUT2D eigenvalue weighted by Crippen LogP contribution is 2.29. The van der Waals surface area contributed by atoms with Crippen LogP contribution in [0.5, 0.6) is 0 Å². The highest BCUT2D eigenvalue weighted by atomic mass is 19.4. The number of amides is 1. The van der Waals surface area contributed by atoms with Gasteiger partial charge in [-0.3, -0.25) is 9.78 Å². The molecule has 2 aromatic rings. The smallest absolute Gasteiger partial charge is 0.318 e. The van der Waals surface area contributed by atoms with Crippen molar-refractivity contribution in [1.29, 1.82) is 5.26 Å². The van der Waals surface area contributed by atoms with Gasteiger partial charge in [0.2, 0.25) is 0 Å². The number of nitriles is 1. The first-order valence-electron chi connectivity index (χ1n) is 7.14. The minimum absolute atomic E-state index is 0.0461. The number of alkyl halides is 6. The maximum atomic E-state index is 12.5. The number of pyridine rings is 1. The Morgan fingerprint density at radius 3 is 2.33 bits per heavy atom. The normalized spacial score (nSPS) is 12.4. The van der Waals surface area contributed by atoms with Crippen molar-refractivity contribution in [3.8, 4) is 6.07 Å². The van der Waals surface area contributed by atoms with Crippen LogP contribution in [0.2, 0.25) is 0 Å². The molecule has 0 saturated heterocycles. The first kappa shape index (κ1) is 20.0. The largest absolute Gasteiger partial charge is 0.471 e. The molecule has 2 rings (SSSR count). The van der Waals surface area contributed by atoms with E-state index in [9.17, 15) is 36.4 Å². The van der Waals surface area contributed by atoms with Crippen LogP contribution >= 0.6 is 0 Å². The third kappa shape index (κ3) is 5.31. The topological polar surface area (TPSA) is 65.8 Å². The van der Waals surface area contributed by atoms with E-state index in [1.165, 1.54) is 30.3 Å². The zero-order chi connectivity index (χ0) is 20.2. The first-order valence-corrected chi connectivity index (χ1v) is 7.14. The van der Waals surface area contributed by atoms with Crippen LogP contribution in [0.4, 0.5) is 32.0 Å². The van der Waals surface area contributed by atoms with Gasteiger partial charge >= 0.3 is 18.3 Å². The van der Waals surface area contributed by atoms with Crippen LogP contribution < -0.4 is 5.32 Å². The fourth-order valence-corrected chi connectivity index (χ4v) is 1.96. The van der Waals surface area contributed by atoms with Gasteiger partial charge in [0.25, 0.3) is 0 Å². The van der Waals surface area contributed by atoms with Crippen molar-refractivity contribution < 1.29 is 31.1 Å². The van der Waals surface area contributed by atoms with Gasteiger partial charge in [-0.25, -0.2) is 0 Å². The molecule has 1 heterocycles. The number of benzene rings is 1. The molecule has 1 aromatic heterocycles. The Hall–Kier alpha value is -3.35. The second kappa shape index (κ2) is 7.49. The predicted octanol–water partition coefficient (Wildman–Crippen LogP) is 4.67. The number of halogens is 6. The number of hydrogen-bond donors (Lipinski definition) is 1. The standard InChI is InChI=1S/C17H9F6N3O/c18-16(19,20)12-4-5-14(25-9-12)11(8-24)6-10-2-1-3-13(7-10)26-15(27)17(21,22)23/h1-7,9H,(H,26,27)/b11-6+. The van der Waals surface area contributed by atoms with E-state index in [-0.39, 0.29) is 22.5 Å². The molecule has 1 amide bonds. The van der Waals surface area contributed by atoms with Crippen molar-refractivity contribution in [3.05, 3.63) is 59.4 Å². The summed E-state index contributed by atoms with van der Waals surface area (Å²) in [6.45, 7) is 0. The SMILES string of the molecule is N#C/C(=C\c1cccc(NC(=O)C(F)(F)F)c1)c1ccc(C(F)(F)F)cn1. The molecule has 1 aromatic carbocycles. The van der Waals surface area contributed by atoms with Crippen LogP contribution in [0.3, 0.4) is 0 Å². The molecule has 0 aliphatic heterocycles. The van der Waals surface area contributed by atoms with Gasteiger partial charge in [0.1, 0.15) is 6.07 Å². The number of allylic oxidation sites excluding steroid dienone is 1. The van der Waals surface area contributed by atoms with E-state index in [1.54, 1.807) is 11.4 Å². The fraction of sp³-hybridized carbons (Fsp3) is 0.118. The summed E-state index contributed by atoms with van der Waals surface area (Å²) in [5.41, 5.74) is -1.06. The minimum Gasteiger partial charge on any atom is -0.318 e. The van der Waals surface area contributed by atoms with E-state index >= 15 is 0 Å². The molecular weight excluding hydrogens is 376 g/mol. The fourth-order valence-electron chi connectivity index (χ4n) is 1.96. The highest BCUT2D eigenvalue weighted by Gasteiger charge is 2.38. The van der Waals surface area contributed by atoms with Crippen molar-refractivity contribution in [3.63, 3.8) is 0 Å². The Kier molecular flexibility index (Phi) is 5.54. The molecule has 27 heavy (non-hydrogen) atoms. The molecule has 4 nitrogen and oxygen atoms in total. The lowest BCUT2D eigenvalue weighted by molar-refractivity contribution is -0.167. The Balaban J connectivity index is 2.29. The van der Waals surface area contributed by atoms with Crippen molar-refractivity contribution in [2.75, 3.05) is 5.32 Å². The van der Waals surface area contributed by atoms with Gasteiger partial charge in [0.15, 0.2) is 0 Å². The third-order valence-corrected chi connectivity index (χ3v) is 3.20. The average molecular weight is 385 g/mol. The Bertz CT molecular complexity index is 908. The molecule has 0 radical (unpaired) electrons. The second-order valence-electron chi connectivity index (χ2n) is 5.18. The first-order chi connectivity index (χ1) is 12.5. The zero-order valence-corrected chi connectivity index (χ0v) is 13.2. The van der Waals surface area contributed by atoms with Crippen LogP contribution in [0, 0.1) is 11.3 Å². The van der Waals surface area contributed by atoms with E-state index in [2.05, 4.69) is 4.98 Å². The van der Waals surface area contributed by atoms with Gasteiger partial charge < -0.3 is 5.32 Å². The summed E-state index contributed by atoms with van der Waals surface area (Å²) in [7, 11) is 0. The highest BCUT2D eigenvalue weighted by molar-refractivity contribution is 5.95. The summed E-state index contributed by atoms with van der Waals surface area (Å²) in [5, 5.41) is 10.9. The van der Waals surface area contributed by atoms with Crippen molar-refractivity contribution >= 4 is 23.2 Å². The maximum Gasteiger partial charge on any atom is 0.471 e.